The zero-order valence-electron chi connectivity index (χ0n) is 18.4. The van der Waals surface area contributed by atoms with Crippen molar-refractivity contribution in [2.75, 3.05) is 20.2 Å². The monoisotopic (exact) mass is 473 g/mol. The van der Waals surface area contributed by atoms with Crippen molar-refractivity contribution in [3.63, 3.8) is 0 Å². The first-order valence-electron chi connectivity index (χ1n) is 10.7. The summed E-state index contributed by atoms with van der Waals surface area (Å²) in [5.74, 6) is 0.674. The van der Waals surface area contributed by atoms with Gasteiger partial charge in [-0.15, -0.1) is 0 Å². The summed E-state index contributed by atoms with van der Waals surface area (Å²) in [6.45, 7) is 5.76. The van der Waals surface area contributed by atoms with Gasteiger partial charge in [0.2, 0.25) is 10.0 Å². The number of sulfonamides is 1. The lowest BCUT2D eigenvalue weighted by molar-refractivity contribution is 0.0997. The van der Waals surface area contributed by atoms with Crippen LogP contribution in [0.25, 0.3) is 10.2 Å². The van der Waals surface area contributed by atoms with Gasteiger partial charge < -0.3 is 9.30 Å². The number of piperidine rings is 1. The Morgan fingerprint density at radius 2 is 1.97 bits per heavy atom. The number of para-hydroxylation sites is 1. The summed E-state index contributed by atoms with van der Waals surface area (Å²) in [5, 5.41) is 0. The molecule has 1 fully saturated rings. The Labute approximate surface area is 192 Å². The molecule has 1 aromatic heterocycles. The van der Waals surface area contributed by atoms with Crippen molar-refractivity contribution in [2.24, 2.45) is 10.9 Å². The van der Waals surface area contributed by atoms with E-state index in [0.29, 0.717) is 35.9 Å². The van der Waals surface area contributed by atoms with Crippen LogP contribution in [-0.4, -0.2) is 43.4 Å². The van der Waals surface area contributed by atoms with Crippen LogP contribution in [-0.2, 0) is 16.6 Å². The molecule has 1 saturated heterocycles. The van der Waals surface area contributed by atoms with Gasteiger partial charge in [-0.05, 0) is 62.1 Å². The van der Waals surface area contributed by atoms with E-state index in [9.17, 15) is 13.2 Å². The molecule has 0 spiro atoms. The van der Waals surface area contributed by atoms with Gasteiger partial charge in [-0.2, -0.15) is 9.30 Å². The van der Waals surface area contributed by atoms with E-state index in [0.717, 1.165) is 28.8 Å². The lowest BCUT2D eigenvalue weighted by Gasteiger charge is -2.30. The van der Waals surface area contributed by atoms with Crippen LogP contribution < -0.4 is 9.54 Å². The highest BCUT2D eigenvalue weighted by atomic mass is 32.2. The maximum atomic E-state index is 13.0. The van der Waals surface area contributed by atoms with Crippen molar-refractivity contribution >= 4 is 37.5 Å². The highest BCUT2D eigenvalue weighted by molar-refractivity contribution is 7.89. The molecule has 9 heteroatoms. The number of carbonyl (C=O) groups excluding carboxylic acids is 1. The summed E-state index contributed by atoms with van der Waals surface area (Å²) in [7, 11) is -1.94. The van der Waals surface area contributed by atoms with E-state index >= 15 is 0 Å². The van der Waals surface area contributed by atoms with Gasteiger partial charge in [0.05, 0.1) is 16.7 Å². The minimum absolute atomic E-state index is 0.207. The van der Waals surface area contributed by atoms with Crippen molar-refractivity contribution in [3.05, 3.63) is 52.8 Å². The molecule has 0 aliphatic carbocycles. The Morgan fingerprint density at radius 1 is 1.22 bits per heavy atom. The number of rotatable bonds is 5. The molecule has 0 saturated carbocycles. The van der Waals surface area contributed by atoms with Gasteiger partial charge in [0.25, 0.3) is 5.91 Å². The smallest absolute Gasteiger partial charge is 0.279 e. The third-order valence-electron chi connectivity index (χ3n) is 5.76. The molecule has 1 amide bonds. The van der Waals surface area contributed by atoms with Crippen molar-refractivity contribution < 1.29 is 17.9 Å². The number of amides is 1. The van der Waals surface area contributed by atoms with Crippen LogP contribution in [0.2, 0.25) is 0 Å². The maximum Gasteiger partial charge on any atom is 0.279 e. The largest absolute Gasteiger partial charge is 0.495 e. The molecule has 7 nitrogen and oxygen atoms in total. The van der Waals surface area contributed by atoms with Crippen LogP contribution in [0.4, 0.5) is 0 Å². The predicted molar refractivity (Wildman–Crippen MR) is 126 cm³/mol. The molecule has 2 aromatic carbocycles. The van der Waals surface area contributed by atoms with E-state index in [4.69, 9.17) is 4.74 Å². The number of ether oxygens (including phenoxy) is 1. The zero-order valence-corrected chi connectivity index (χ0v) is 20.1. The van der Waals surface area contributed by atoms with Crippen LogP contribution in [0.5, 0.6) is 5.75 Å². The van der Waals surface area contributed by atoms with Gasteiger partial charge in [-0.3, -0.25) is 4.79 Å². The maximum absolute atomic E-state index is 13.0. The molecule has 32 heavy (non-hydrogen) atoms. The van der Waals surface area contributed by atoms with Crippen molar-refractivity contribution in [3.8, 4) is 5.75 Å². The highest BCUT2D eigenvalue weighted by Gasteiger charge is 2.28. The van der Waals surface area contributed by atoms with E-state index in [1.54, 1.807) is 7.11 Å². The minimum atomic E-state index is -3.56. The number of benzene rings is 2. The van der Waals surface area contributed by atoms with Crippen LogP contribution in [0.15, 0.2) is 52.4 Å². The second-order valence-corrected chi connectivity index (χ2v) is 10.9. The number of hydrogen-bond donors (Lipinski definition) is 0. The first kappa shape index (κ1) is 22.7. The number of thiazole rings is 1. The Balaban J connectivity index is 1.64. The fourth-order valence-corrected chi connectivity index (χ4v) is 6.78. The SMILES string of the molecule is CCn1c(=NC(=O)c2ccc(S(=O)(=O)N3CCC[C@@H](C)C3)cc2)sc2cccc(OC)c21. The molecule has 1 aliphatic heterocycles. The van der Waals surface area contributed by atoms with E-state index in [-0.39, 0.29) is 4.90 Å². The number of fused-ring (bicyclic) bond motifs is 1. The molecule has 1 aliphatic rings. The van der Waals surface area contributed by atoms with Crippen LogP contribution >= 0.6 is 11.3 Å². The molecular formula is C23H27N3O4S2. The molecule has 0 N–H and O–H groups in total. The van der Waals surface area contributed by atoms with Gasteiger partial charge in [0.15, 0.2) is 4.80 Å². The number of carbonyl (C=O) groups is 1. The lowest BCUT2D eigenvalue weighted by atomic mass is 10.0. The quantitative estimate of drug-likeness (QED) is 0.563. The fraction of sp³-hybridized carbons (Fsp3) is 0.391. The summed E-state index contributed by atoms with van der Waals surface area (Å²) in [6, 6.07) is 11.8. The first-order valence-corrected chi connectivity index (χ1v) is 13.0. The third-order valence-corrected chi connectivity index (χ3v) is 8.68. The third kappa shape index (κ3) is 4.24. The first-order chi connectivity index (χ1) is 15.3. The van der Waals surface area contributed by atoms with Gasteiger partial charge in [-0.25, -0.2) is 8.42 Å². The molecule has 0 radical (unpaired) electrons. The number of nitrogens with zero attached hydrogens (tertiary/aromatic N) is 3. The fourth-order valence-electron chi connectivity index (χ4n) is 4.08. The number of aromatic nitrogens is 1. The van der Waals surface area contributed by atoms with Gasteiger partial charge >= 0.3 is 0 Å². The Bertz CT molecular complexity index is 1310. The molecule has 4 rings (SSSR count). The Morgan fingerprint density at radius 3 is 2.62 bits per heavy atom. The van der Waals surface area contributed by atoms with Crippen LogP contribution in [0.3, 0.4) is 0 Å². The molecule has 170 valence electrons. The number of methoxy groups -OCH3 is 1. The van der Waals surface area contributed by atoms with Crippen molar-refractivity contribution in [1.29, 1.82) is 0 Å². The number of aryl methyl sites for hydroxylation is 1. The van der Waals surface area contributed by atoms with Gasteiger partial charge in [-0.1, -0.05) is 24.3 Å². The summed E-state index contributed by atoms with van der Waals surface area (Å²) < 4.78 is 35.8. The van der Waals surface area contributed by atoms with E-state index in [1.807, 2.05) is 29.7 Å². The second kappa shape index (κ2) is 9.17. The average molecular weight is 474 g/mol. The standard InChI is InChI=1S/C23H27N3O4S2/c1-4-26-21-19(30-3)8-5-9-20(21)31-23(26)24-22(27)17-10-12-18(13-11-17)32(28,29)25-14-6-7-16(2)15-25/h5,8-13,16H,4,6-7,14-15H2,1-3H3/t16-/m1/s1. The van der Waals surface area contributed by atoms with Crippen molar-refractivity contribution in [1.82, 2.24) is 8.87 Å². The molecular weight excluding hydrogens is 446 g/mol. The van der Waals surface area contributed by atoms with Crippen LogP contribution in [0.1, 0.15) is 37.0 Å². The Hall–Kier alpha value is -2.49. The van der Waals surface area contributed by atoms with Gasteiger partial charge in [0, 0.05) is 25.2 Å². The average Bonchev–Trinajstić information content (AvgIpc) is 3.16. The minimum Gasteiger partial charge on any atom is -0.495 e. The highest BCUT2D eigenvalue weighted by Crippen LogP contribution is 2.27. The van der Waals surface area contributed by atoms with Gasteiger partial charge in [0.1, 0.15) is 11.3 Å². The topological polar surface area (TPSA) is 81.0 Å². The zero-order chi connectivity index (χ0) is 22.9. The van der Waals surface area contributed by atoms with E-state index < -0.39 is 15.9 Å². The van der Waals surface area contributed by atoms with Crippen LogP contribution in [0, 0.1) is 5.92 Å². The number of hydrogen-bond acceptors (Lipinski definition) is 5. The summed E-state index contributed by atoms with van der Waals surface area (Å²) >= 11 is 1.42. The normalized spacial score (nSPS) is 18.2. The predicted octanol–water partition coefficient (Wildman–Crippen LogP) is 3.89. The second-order valence-electron chi connectivity index (χ2n) is 7.99. The Kier molecular flexibility index (Phi) is 6.50. The van der Waals surface area contributed by atoms with Crippen molar-refractivity contribution in [2.45, 2.75) is 38.1 Å². The molecule has 0 unspecified atom stereocenters. The molecule has 1 atom stereocenters. The molecule has 0 bridgehead atoms. The molecule has 2 heterocycles. The summed E-state index contributed by atoms with van der Waals surface area (Å²) in [4.78, 5) is 18.0. The lowest BCUT2D eigenvalue weighted by Crippen LogP contribution is -2.39. The summed E-state index contributed by atoms with van der Waals surface area (Å²) in [6.07, 6.45) is 1.91. The van der Waals surface area contributed by atoms with E-state index in [2.05, 4.69) is 11.9 Å². The molecule has 3 aromatic rings. The van der Waals surface area contributed by atoms with E-state index in [1.165, 1.54) is 39.9 Å². The summed E-state index contributed by atoms with van der Waals surface area (Å²) in [5.41, 5.74) is 1.26.